The maximum Gasteiger partial charge on any atom is 0.306 e. The highest BCUT2D eigenvalue weighted by Gasteiger charge is 2.36. The number of methoxy groups -OCH3 is 1. The van der Waals surface area contributed by atoms with E-state index in [1.165, 1.54) is 18.2 Å². The molecule has 0 aromatic heterocycles. The van der Waals surface area contributed by atoms with E-state index in [4.69, 9.17) is 9.84 Å². The molecule has 1 N–H and O–H groups in total. The number of benzene rings is 1. The summed E-state index contributed by atoms with van der Waals surface area (Å²) in [6.45, 7) is 0. The lowest BCUT2D eigenvalue weighted by Crippen LogP contribution is -2.32. The van der Waals surface area contributed by atoms with Gasteiger partial charge >= 0.3 is 11.9 Å². The number of hydrogen-bond donors (Lipinski definition) is 1. The van der Waals surface area contributed by atoms with Gasteiger partial charge in [-0.2, -0.15) is 0 Å². The molecule has 0 fully saturated rings. The third kappa shape index (κ3) is 4.06. The van der Waals surface area contributed by atoms with Crippen LogP contribution < -0.4 is 0 Å². The second kappa shape index (κ2) is 6.74. The van der Waals surface area contributed by atoms with Crippen molar-refractivity contribution in [1.82, 2.24) is 0 Å². The van der Waals surface area contributed by atoms with Crippen molar-refractivity contribution in [1.29, 1.82) is 0 Å². The number of carboxylic acid groups (broad SMARTS) is 1. The summed E-state index contributed by atoms with van der Waals surface area (Å²) in [7, 11) is 1.41. The average Bonchev–Trinajstić information content (AvgIpc) is 2.46. The summed E-state index contributed by atoms with van der Waals surface area (Å²) in [5.74, 6) is -0.982. The number of fused-ring (bicyclic) bond motifs is 1. The molecular weight excluding hydrogens is 268 g/mol. The van der Waals surface area contributed by atoms with E-state index in [0.29, 0.717) is 12.8 Å². The van der Waals surface area contributed by atoms with Gasteiger partial charge < -0.3 is 9.84 Å². The first kappa shape index (κ1) is 15.5. The third-order valence-corrected chi connectivity index (χ3v) is 4.45. The number of carboxylic acids is 1. The molecule has 1 aromatic rings. The molecule has 0 heterocycles. The van der Waals surface area contributed by atoms with E-state index >= 15 is 0 Å². The van der Waals surface area contributed by atoms with Crippen molar-refractivity contribution in [3.63, 3.8) is 0 Å². The van der Waals surface area contributed by atoms with Gasteiger partial charge in [-0.3, -0.25) is 9.59 Å². The minimum atomic E-state index is -0.778. The fourth-order valence-electron chi connectivity index (χ4n) is 3.31. The number of hydrogen-bond acceptors (Lipinski definition) is 3. The first-order valence-electron chi connectivity index (χ1n) is 7.40. The lowest BCUT2D eigenvalue weighted by Gasteiger charge is -2.37. The normalized spacial score (nSPS) is 20.6. The number of ether oxygens (including phenoxy) is 1. The topological polar surface area (TPSA) is 63.6 Å². The number of carbonyl (C=O) groups is 2. The molecule has 1 aliphatic carbocycles. The number of aliphatic carboxylic acids is 1. The zero-order valence-corrected chi connectivity index (χ0v) is 12.4. The second-order valence-electron chi connectivity index (χ2n) is 5.95. The average molecular weight is 290 g/mol. The highest BCUT2D eigenvalue weighted by atomic mass is 16.5. The minimum Gasteiger partial charge on any atom is -0.481 e. The molecule has 21 heavy (non-hydrogen) atoms. The van der Waals surface area contributed by atoms with Crippen LogP contribution >= 0.6 is 0 Å². The highest BCUT2D eigenvalue weighted by molar-refractivity contribution is 5.70. The number of aryl methyl sites for hydroxylation is 1. The Labute approximate surface area is 125 Å². The van der Waals surface area contributed by atoms with Crippen LogP contribution in [0, 0.1) is 5.41 Å². The summed E-state index contributed by atoms with van der Waals surface area (Å²) in [6.07, 6.45) is 4.58. The fraction of sp³-hybridized carbons (Fsp3) is 0.529. The molecule has 0 saturated heterocycles. The first-order valence-corrected chi connectivity index (χ1v) is 7.40. The lowest BCUT2D eigenvalue weighted by molar-refractivity contribution is -0.143. The van der Waals surface area contributed by atoms with Crippen molar-refractivity contribution < 1.29 is 19.4 Å². The molecule has 0 amide bonds. The molecule has 0 aliphatic heterocycles. The molecule has 4 nitrogen and oxygen atoms in total. The van der Waals surface area contributed by atoms with Gasteiger partial charge in [0.25, 0.3) is 0 Å². The van der Waals surface area contributed by atoms with Gasteiger partial charge in [-0.15, -0.1) is 0 Å². The van der Waals surface area contributed by atoms with Crippen molar-refractivity contribution in [3.8, 4) is 0 Å². The predicted molar refractivity (Wildman–Crippen MR) is 79.0 cm³/mol. The molecule has 0 radical (unpaired) electrons. The maximum atomic E-state index is 11.8. The molecule has 0 spiro atoms. The summed E-state index contributed by atoms with van der Waals surface area (Å²) in [5, 5.41) is 8.82. The van der Waals surface area contributed by atoms with Crippen LogP contribution in [0.2, 0.25) is 0 Å². The van der Waals surface area contributed by atoms with Gasteiger partial charge in [-0.1, -0.05) is 24.3 Å². The first-order chi connectivity index (χ1) is 10.0. The Balaban J connectivity index is 2.13. The molecule has 0 unspecified atom stereocenters. The van der Waals surface area contributed by atoms with Crippen LogP contribution in [-0.4, -0.2) is 24.2 Å². The van der Waals surface area contributed by atoms with Gasteiger partial charge in [0.2, 0.25) is 0 Å². The molecule has 1 atom stereocenters. The largest absolute Gasteiger partial charge is 0.481 e. The van der Waals surface area contributed by atoms with Crippen LogP contribution in [0.25, 0.3) is 0 Å². The van der Waals surface area contributed by atoms with Crippen molar-refractivity contribution in [2.45, 2.75) is 44.9 Å². The van der Waals surface area contributed by atoms with Crippen molar-refractivity contribution in [2.24, 2.45) is 5.41 Å². The predicted octanol–water partition coefficient (Wildman–Crippen LogP) is 2.98. The number of esters is 1. The molecule has 2 rings (SSSR count). The number of rotatable bonds is 6. The SMILES string of the molecule is COC(=O)C[C@@]1(CCCC(=O)O)CCc2ccccc2C1. The Morgan fingerprint density at radius 1 is 1.29 bits per heavy atom. The molecule has 114 valence electrons. The quantitative estimate of drug-likeness (QED) is 0.818. The molecular formula is C17H22O4. The van der Waals surface area contributed by atoms with Gasteiger partial charge in [-0.05, 0) is 48.6 Å². The summed E-state index contributed by atoms with van der Waals surface area (Å²) < 4.78 is 4.84. The summed E-state index contributed by atoms with van der Waals surface area (Å²) in [4.78, 5) is 22.5. The molecule has 4 heteroatoms. The Kier molecular flexibility index (Phi) is 4.99. The van der Waals surface area contributed by atoms with E-state index in [0.717, 1.165) is 25.7 Å². The van der Waals surface area contributed by atoms with E-state index < -0.39 is 5.97 Å². The van der Waals surface area contributed by atoms with E-state index in [2.05, 4.69) is 12.1 Å². The molecule has 0 bridgehead atoms. The van der Waals surface area contributed by atoms with E-state index in [-0.39, 0.29) is 17.8 Å². The lowest BCUT2D eigenvalue weighted by atomic mass is 9.67. The Morgan fingerprint density at radius 2 is 2.00 bits per heavy atom. The fourth-order valence-corrected chi connectivity index (χ4v) is 3.31. The van der Waals surface area contributed by atoms with Crippen LogP contribution in [0.5, 0.6) is 0 Å². The Morgan fingerprint density at radius 3 is 2.67 bits per heavy atom. The van der Waals surface area contributed by atoms with E-state index in [9.17, 15) is 9.59 Å². The van der Waals surface area contributed by atoms with Crippen molar-refractivity contribution >= 4 is 11.9 Å². The highest BCUT2D eigenvalue weighted by Crippen LogP contribution is 2.42. The Hall–Kier alpha value is -1.84. The third-order valence-electron chi connectivity index (χ3n) is 4.45. The zero-order chi connectivity index (χ0) is 15.3. The van der Waals surface area contributed by atoms with E-state index in [1.54, 1.807) is 0 Å². The molecule has 1 aromatic carbocycles. The summed E-state index contributed by atoms with van der Waals surface area (Å²) in [6, 6.07) is 8.30. The minimum absolute atomic E-state index is 0.156. The molecule has 0 saturated carbocycles. The smallest absolute Gasteiger partial charge is 0.306 e. The second-order valence-corrected chi connectivity index (χ2v) is 5.95. The zero-order valence-electron chi connectivity index (χ0n) is 12.4. The van der Waals surface area contributed by atoms with E-state index in [1.807, 2.05) is 12.1 Å². The number of carbonyl (C=O) groups excluding carboxylic acids is 1. The van der Waals surface area contributed by atoms with Crippen molar-refractivity contribution in [2.75, 3.05) is 7.11 Å². The van der Waals surface area contributed by atoms with Crippen molar-refractivity contribution in [3.05, 3.63) is 35.4 Å². The van der Waals surface area contributed by atoms with Crippen LogP contribution in [-0.2, 0) is 27.2 Å². The van der Waals surface area contributed by atoms with Crippen LogP contribution in [0.4, 0.5) is 0 Å². The standard InChI is InChI=1S/C17H22O4/c1-21-16(20)12-17(9-4-7-15(18)19)10-8-13-5-2-3-6-14(13)11-17/h2-3,5-6H,4,7-12H2,1H3,(H,18,19)/t17-/m0/s1. The van der Waals surface area contributed by atoms with Gasteiger partial charge in [0, 0.05) is 6.42 Å². The summed E-state index contributed by atoms with van der Waals surface area (Å²) >= 11 is 0. The van der Waals surface area contributed by atoms with Gasteiger partial charge in [0.05, 0.1) is 13.5 Å². The molecule has 1 aliphatic rings. The van der Waals surface area contributed by atoms with Gasteiger partial charge in [0.15, 0.2) is 0 Å². The summed E-state index contributed by atoms with van der Waals surface area (Å²) in [5.41, 5.74) is 2.47. The van der Waals surface area contributed by atoms with Gasteiger partial charge in [0.1, 0.15) is 0 Å². The van der Waals surface area contributed by atoms with Crippen LogP contribution in [0.1, 0.15) is 43.2 Å². The van der Waals surface area contributed by atoms with Crippen LogP contribution in [0.3, 0.4) is 0 Å². The maximum absolute atomic E-state index is 11.8. The monoisotopic (exact) mass is 290 g/mol. The van der Waals surface area contributed by atoms with Crippen LogP contribution in [0.15, 0.2) is 24.3 Å². The van der Waals surface area contributed by atoms with Gasteiger partial charge in [-0.25, -0.2) is 0 Å². The Bertz CT molecular complexity index is 523.